The number of nitrogens with one attached hydrogen (secondary N) is 3. The van der Waals surface area contributed by atoms with E-state index in [1.165, 1.54) is 27.4 Å². The van der Waals surface area contributed by atoms with Gasteiger partial charge in [0.25, 0.3) is 5.91 Å². The Morgan fingerprint density at radius 1 is 1.13 bits per heavy atom. The number of ether oxygens (including phenoxy) is 3. The second-order valence-electron chi connectivity index (χ2n) is 4.67. The lowest BCUT2D eigenvalue weighted by Crippen LogP contribution is -2.28. The third-order valence-corrected chi connectivity index (χ3v) is 3.23. The van der Waals surface area contributed by atoms with E-state index in [0.29, 0.717) is 23.1 Å². The van der Waals surface area contributed by atoms with Gasteiger partial charge in [-0.1, -0.05) is 0 Å². The highest BCUT2D eigenvalue weighted by molar-refractivity contribution is 5.98. The first-order valence-electron chi connectivity index (χ1n) is 6.75. The Bertz CT molecular complexity index is 752. The fraction of sp³-hybridized carbons (Fsp3) is 0.357. The van der Waals surface area contributed by atoms with Crippen LogP contribution in [0.2, 0.25) is 0 Å². The number of methoxy groups -OCH3 is 3. The number of amides is 1. The van der Waals surface area contributed by atoms with Gasteiger partial charge in [-0.25, -0.2) is 9.89 Å². The van der Waals surface area contributed by atoms with Crippen molar-refractivity contribution in [3.05, 3.63) is 34.0 Å². The lowest BCUT2D eigenvalue weighted by molar-refractivity contribution is 0.0935. The number of benzene rings is 1. The third kappa shape index (κ3) is 3.44. The fourth-order valence-corrected chi connectivity index (χ4v) is 2.04. The maximum absolute atomic E-state index is 12.5. The number of rotatable bonds is 6. The average Bonchev–Trinajstić information content (AvgIpc) is 2.99. The van der Waals surface area contributed by atoms with E-state index in [2.05, 4.69) is 20.5 Å². The smallest absolute Gasteiger partial charge is 0.340 e. The molecule has 0 fully saturated rings. The summed E-state index contributed by atoms with van der Waals surface area (Å²) >= 11 is 0. The zero-order chi connectivity index (χ0) is 17.0. The molecule has 0 spiro atoms. The van der Waals surface area contributed by atoms with Crippen molar-refractivity contribution in [1.82, 2.24) is 20.5 Å². The fourth-order valence-electron chi connectivity index (χ4n) is 2.04. The van der Waals surface area contributed by atoms with Crippen LogP contribution in [0.5, 0.6) is 17.2 Å². The molecule has 0 radical (unpaired) electrons. The van der Waals surface area contributed by atoms with Crippen molar-refractivity contribution in [3.63, 3.8) is 0 Å². The summed E-state index contributed by atoms with van der Waals surface area (Å²) < 4.78 is 15.6. The minimum absolute atomic E-state index is 0.273. The SMILES string of the molecule is COc1cc(OC)c(C(=O)N[C@H](C)c2n[nH]c(=O)[nH]2)cc1OC. The molecule has 1 aromatic heterocycles. The van der Waals surface area contributed by atoms with Crippen LogP contribution in [0.4, 0.5) is 0 Å². The number of carbonyl (C=O) groups excluding carboxylic acids is 1. The van der Waals surface area contributed by atoms with Crippen molar-refractivity contribution >= 4 is 5.91 Å². The van der Waals surface area contributed by atoms with Crippen LogP contribution in [0.1, 0.15) is 29.1 Å². The van der Waals surface area contributed by atoms with E-state index in [1.54, 1.807) is 13.0 Å². The number of H-pyrrole nitrogens is 2. The van der Waals surface area contributed by atoms with E-state index < -0.39 is 17.6 Å². The topological polar surface area (TPSA) is 118 Å². The van der Waals surface area contributed by atoms with Gasteiger partial charge in [0, 0.05) is 12.1 Å². The number of aromatic nitrogens is 3. The monoisotopic (exact) mass is 322 g/mol. The van der Waals surface area contributed by atoms with Gasteiger partial charge in [-0.2, -0.15) is 5.10 Å². The molecule has 0 saturated heterocycles. The van der Waals surface area contributed by atoms with E-state index in [0.717, 1.165) is 0 Å². The molecule has 1 atom stereocenters. The van der Waals surface area contributed by atoms with Gasteiger partial charge in [0.15, 0.2) is 17.3 Å². The Balaban J connectivity index is 2.29. The number of hydrogen-bond donors (Lipinski definition) is 3. The van der Waals surface area contributed by atoms with Gasteiger partial charge in [0.05, 0.1) is 32.9 Å². The predicted molar refractivity (Wildman–Crippen MR) is 81.2 cm³/mol. The maximum atomic E-state index is 12.5. The standard InChI is InChI=1S/C14H18N4O5/c1-7(12-16-14(20)18-17-12)15-13(19)8-5-10(22-3)11(23-4)6-9(8)21-2/h5-7H,1-4H3,(H,15,19)(H2,16,17,18,20)/t7-/m1/s1. The molecule has 0 aliphatic rings. The minimum atomic E-state index is -0.501. The van der Waals surface area contributed by atoms with Crippen molar-refractivity contribution in [2.75, 3.05) is 21.3 Å². The molecule has 0 bridgehead atoms. The van der Waals surface area contributed by atoms with Gasteiger partial charge >= 0.3 is 5.69 Å². The first kappa shape index (κ1) is 16.4. The van der Waals surface area contributed by atoms with E-state index in [9.17, 15) is 9.59 Å². The van der Waals surface area contributed by atoms with E-state index in [1.807, 2.05) is 0 Å². The largest absolute Gasteiger partial charge is 0.496 e. The third-order valence-electron chi connectivity index (χ3n) is 3.23. The Hall–Kier alpha value is -2.97. The summed E-state index contributed by atoms with van der Waals surface area (Å²) in [6.45, 7) is 1.69. The van der Waals surface area contributed by atoms with Crippen molar-refractivity contribution in [3.8, 4) is 17.2 Å². The molecule has 2 rings (SSSR count). The molecule has 3 N–H and O–H groups in total. The summed E-state index contributed by atoms with van der Waals surface area (Å²) in [4.78, 5) is 26.0. The van der Waals surface area contributed by atoms with Crippen molar-refractivity contribution in [2.24, 2.45) is 0 Å². The van der Waals surface area contributed by atoms with Crippen molar-refractivity contribution in [1.29, 1.82) is 0 Å². The van der Waals surface area contributed by atoms with Gasteiger partial charge in [-0.05, 0) is 6.92 Å². The first-order chi connectivity index (χ1) is 11.0. The zero-order valence-corrected chi connectivity index (χ0v) is 13.2. The lowest BCUT2D eigenvalue weighted by Gasteiger charge is -2.16. The van der Waals surface area contributed by atoms with Gasteiger partial charge in [-0.15, -0.1) is 0 Å². The maximum Gasteiger partial charge on any atom is 0.340 e. The molecule has 1 aromatic carbocycles. The Kier molecular flexibility index (Phi) is 4.89. The summed E-state index contributed by atoms with van der Waals surface area (Å²) in [7, 11) is 4.42. The lowest BCUT2D eigenvalue weighted by atomic mass is 10.1. The molecule has 2 aromatic rings. The van der Waals surface area contributed by atoms with Gasteiger partial charge in [0.1, 0.15) is 5.75 Å². The molecule has 1 heterocycles. The highest BCUT2D eigenvalue weighted by Crippen LogP contribution is 2.34. The van der Waals surface area contributed by atoms with Gasteiger partial charge in [0.2, 0.25) is 0 Å². The molecule has 9 nitrogen and oxygen atoms in total. The van der Waals surface area contributed by atoms with Crippen molar-refractivity contribution in [2.45, 2.75) is 13.0 Å². The Morgan fingerprint density at radius 3 is 2.26 bits per heavy atom. The van der Waals surface area contributed by atoms with Crippen LogP contribution >= 0.6 is 0 Å². The minimum Gasteiger partial charge on any atom is -0.496 e. The highest BCUT2D eigenvalue weighted by atomic mass is 16.5. The molecule has 0 aliphatic carbocycles. The predicted octanol–water partition coefficient (Wildman–Crippen LogP) is 0.615. The zero-order valence-electron chi connectivity index (χ0n) is 13.2. The van der Waals surface area contributed by atoms with E-state index in [-0.39, 0.29) is 5.56 Å². The molecule has 23 heavy (non-hydrogen) atoms. The second-order valence-corrected chi connectivity index (χ2v) is 4.67. The average molecular weight is 322 g/mol. The molecule has 0 unspecified atom stereocenters. The van der Waals surface area contributed by atoms with Crippen LogP contribution in [0.15, 0.2) is 16.9 Å². The first-order valence-corrected chi connectivity index (χ1v) is 6.75. The molecule has 0 saturated carbocycles. The summed E-state index contributed by atoms with van der Waals surface area (Å²) in [5.74, 6) is 1.11. The Morgan fingerprint density at radius 2 is 1.74 bits per heavy atom. The molecule has 124 valence electrons. The van der Waals surface area contributed by atoms with Crippen LogP contribution in [0.3, 0.4) is 0 Å². The van der Waals surface area contributed by atoms with E-state index in [4.69, 9.17) is 14.2 Å². The summed E-state index contributed by atoms with van der Waals surface area (Å²) in [6, 6.07) is 2.58. The molecular weight excluding hydrogens is 304 g/mol. The van der Waals surface area contributed by atoms with Gasteiger partial charge < -0.3 is 19.5 Å². The summed E-state index contributed by atoms with van der Waals surface area (Å²) in [6.07, 6.45) is 0. The molecule has 1 amide bonds. The van der Waals surface area contributed by atoms with Crippen molar-refractivity contribution < 1.29 is 19.0 Å². The van der Waals surface area contributed by atoms with Crippen LogP contribution in [0.25, 0.3) is 0 Å². The number of carbonyl (C=O) groups is 1. The van der Waals surface area contributed by atoms with Gasteiger partial charge in [-0.3, -0.25) is 9.78 Å². The normalized spacial score (nSPS) is 11.7. The van der Waals surface area contributed by atoms with E-state index >= 15 is 0 Å². The number of aromatic amines is 2. The number of hydrogen-bond acceptors (Lipinski definition) is 6. The Labute approximate surface area is 132 Å². The number of nitrogens with zero attached hydrogens (tertiary/aromatic N) is 1. The summed E-state index contributed by atoms with van der Waals surface area (Å²) in [5, 5.41) is 8.75. The quantitative estimate of drug-likeness (QED) is 0.717. The molecule has 9 heteroatoms. The van der Waals surface area contributed by atoms with Crippen LogP contribution < -0.4 is 25.2 Å². The highest BCUT2D eigenvalue weighted by Gasteiger charge is 2.20. The molecular formula is C14H18N4O5. The summed E-state index contributed by atoms with van der Waals surface area (Å²) in [5.41, 5.74) is -0.167. The molecule has 0 aliphatic heterocycles. The van der Waals surface area contributed by atoms with Crippen LogP contribution in [-0.4, -0.2) is 42.4 Å². The second kappa shape index (κ2) is 6.86. The van der Waals surface area contributed by atoms with Crippen LogP contribution in [0, 0.1) is 0 Å². The van der Waals surface area contributed by atoms with Crippen LogP contribution in [-0.2, 0) is 0 Å².